The smallest absolute Gasteiger partial charge is 0.197 e. The van der Waals surface area contributed by atoms with Crippen LogP contribution in [0.3, 0.4) is 0 Å². The summed E-state index contributed by atoms with van der Waals surface area (Å²) in [6.07, 6.45) is 0. The molecule has 0 fully saturated rings. The van der Waals surface area contributed by atoms with Gasteiger partial charge in [-0.05, 0) is 0 Å². The first-order valence-corrected chi connectivity index (χ1v) is 13.0. The average molecular weight is 677 g/mol. The van der Waals surface area contributed by atoms with Crippen molar-refractivity contribution in [3.63, 3.8) is 0 Å². The van der Waals surface area contributed by atoms with E-state index in [2.05, 4.69) is 12.9 Å². The quantitative estimate of drug-likeness (QED) is 0.190. The molecule has 0 aliphatic heterocycles. The largest absolute Gasteiger partial charge is 0.296 e. The van der Waals surface area contributed by atoms with E-state index in [-0.39, 0.29) is 0 Å². The highest BCUT2D eigenvalue weighted by molar-refractivity contribution is 14.1. The minimum atomic E-state index is -4.25. The van der Waals surface area contributed by atoms with Gasteiger partial charge in [-0.15, -0.1) is 12.9 Å². The first-order valence-electron chi connectivity index (χ1n) is 3.72. The Kier molecular flexibility index (Phi) is 9.34. The van der Waals surface area contributed by atoms with Crippen LogP contribution < -0.4 is 0 Å². The van der Waals surface area contributed by atoms with Gasteiger partial charge in [0.2, 0.25) is 0 Å². The Morgan fingerprint density at radius 2 is 0.842 bits per heavy atom. The summed E-state index contributed by atoms with van der Waals surface area (Å²) in [7, 11) is -12.8. The molecule has 116 valence electrons. The second kappa shape index (κ2) is 8.50. The van der Waals surface area contributed by atoms with Crippen LogP contribution in [0.25, 0.3) is 0 Å². The van der Waals surface area contributed by atoms with Crippen LogP contribution in [0, 0.1) is 0 Å². The molecule has 0 aromatic heterocycles. The van der Waals surface area contributed by atoms with Crippen LogP contribution >= 0.6 is 67.8 Å². The first kappa shape index (κ1) is 20.9. The van der Waals surface area contributed by atoms with Crippen molar-refractivity contribution in [3.05, 3.63) is 0 Å². The van der Waals surface area contributed by atoms with Crippen LogP contribution in [0.5, 0.6) is 0 Å². The third-order valence-electron chi connectivity index (χ3n) is 0.924. The highest BCUT2D eigenvalue weighted by atomic mass is 127. The van der Waals surface area contributed by atoms with Gasteiger partial charge in [0.25, 0.3) is 30.4 Å². The SMILES string of the molecule is O=S(=O)(CI)ON(OS(=O)(=O)CI)OS(=O)(=O)CI. The number of halogens is 3. The second-order valence-electron chi connectivity index (χ2n) is 2.45. The zero-order valence-corrected chi connectivity index (χ0v) is 17.5. The van der Waals surface area contributed by atoms with Gasteiger partial charge in [-0.2, -0.15) is 25.3 Å². The van der Waals surface area contributed by atoms with E-state index >= 15 is 0 Å². The lowest BCUT2D eigenvalue weighted by atomic mass is 12.0. The highest BCUT2D eigenvalue weighted by Gasteiger charge is 2.29. The van der Waals surface area contributed by atoms with Crippen LogP contribution in [-0.4, -0.2) is 41.9 Å². The maximum absolute atomic E-state index is 11.1. The van der Waals surface area contributed by atoms with Gasteiger partial charge in [0.15, 0.2) is 0 Å². The molecule has 0 unspecified atom stereocenters. The predicted octanol–water partition coefficient (Wildman–Crippen LogP) is 0.250. The Morgan fingerprint density at radius 3 is 1.00 bits per heavy atom. The third kappa shape index (κ3) is 9.49. The molecular weight excluding hydrogens is 671 g/mol. The molecule has 0 rings (SSSR count). The van der Waals surface area contributed by atoms with Crippen LogP contribution in [0.1, 0.15) is 0 Å². The fraction of sp³-hybridized carbons (Fsp3) is 1.00. The van der Waals surface area contributed by atoms with Crippen molar-refractivity contribution in [1.29, 1.82) is 0 Å². The molecule has 0 aromatic rings. The van der Waals surface area contributed by atoms with Gasteiger partial charge in [-0.25, -0.2) is 0 Å². The summed E-state index contributed by atoms with van der Waals surface area (Å²) in [6.45, 7) is 0. The van der Waals surface area contributed by atoms with Crippen LogP contribution in [0.4, 0.5) is 0 Å². The number of hydrogen-bond donors (Lipinski definition) is 0. The third-order valence-corrected chi connectivity index (χ3v) is 9.64. The number of alkyl halides is 3. The van der Waals surface area contributed by atoms with Crippen molar-refractivity contribution in [2.45, 2.75) is 0 Å². The van der Waals surface area contributed by atoms with Gasteiger partial charge in [0.05, 0.1) is 0 Å². The summed E-state index contributed by atoms with van der Waals surface area (Å²) in [5.41, 5.74) is 0. The Balaban J connectivity index is 5.17. The van der Waals surface area contributed by atoms with E-state index in [0.717, 1.165) is 0 Å². The summed E-state index contributed by atoms with van der Waals surface area (Å²) in [5, 5.41) is -0.560. The summed E-state index contributed by atoms with van der Waals surface area (Å²) in [6, 6.07) is 0. The van der Waals surface area contributed by atoms with Crippen molar-refractivity contribution in [2.75, 3.05) is 11.3 Å². The Bertz CT molecular complexity index is 496. The van der Waals surface area contributed by atoms with Gasteiger partial charge in [-0.1, -0.05) is 67.8 Å². The first-order chi connectivity index (χ1) is 8.47. The zero-order chi connectivity index (χ0) is 15.3. The van der Waals surface area contributed by atoms with E-state index in [9.17, 15) is 25.3 Å². The molecule has 0 atom stereocenters. The monoisotopic (exact) mass is 677 g/mol. The summed E-state index contributed by atoms with van der Waals surface area (Å²) in [5.74, 6) is 0. The summed E-state index contributed by atoms with van der Waals surface area (Å²) in [4.78, 5) is 0. The van der Waals surface area contributed by atoms with Crippen LogP contribution in [-0.2, 0) is 43.2 Å². The van der Waals surface area contributed by atoms with Crippen LogP contribution in [0.2, 0.25) is 0 Å². The van der Waals surface area contributed by atoms with Gasteiger partial charge in [-0.3, -0.25) is 0 Å². The molecule has 0 heterocycles. The topological polar surface area (TPSA) is 133 Å². The Labute approximate surface area is 151 Å². The molecule has 0 saturated heterocycles. The van der Waals surface area contributed by atoms with Crippen LogP contribution in [0.15, 0.2) is 0 Å². The molecule has 0 spiro atoms. The average Bonchev–Trinajstić information content (AvgIpc) is 2.27. The molecule has 19 heavy (non-hydrogen) atoms. The Morgan fingerprint density at radius 1 is 0.632 bits per heavy atom. The van der Waals surface area contributed by atoms with E-state index in [1.165, 1.54) is 67.8 Å². The second-order valence-corrected chi connectivity index (χ2v) is 12.5. The zero-order valence-electron chi connectivity index (χ0n) is 8.60. The predicted molar refractivity (Wildman–Crippen MR) is 88.5 cm³/mol. The van der Waals surface area contributed by atoms with Crippen molar-refractivity contribution in [2.24, 2.45) is 0 Å². The molecule has 0 amide bonds. The number of hydrogen-bond acceptors (Lipinski definition) is 10. The maximum atomic E-state index is 11.1. The normalized spacial score (nSPS) is 13.9. The molecular formula is C3H6I3NO9S3. The maximum Gasteiger partial charge on any atom is 0.296 e. The summed E-state index contributed by atoms with van der Waals surface area (Å²) >= 11 is 4.21. The van der Waals surface area contributed by atoms with Gasteiger partial charge in [0.1, 0.15) is 16.7 Å². The van der Waals surface area contributed by atoms with Crippen molar-refractivity contribution in [1.82, 2.24) is 5.39 Å². The highest BCUT2D eigenvalue weighted by Crippen LogP contribution is 2.13. The van der Waals surface area contributed by atoms with Gasteiger partial charge in [0, 0.05) is 0 Å². The fourth-order valence-corrected chi connectivity index (χ4v) is 2.37. The fourth-order valence-electron chi connectivity index (χ4n) is 0.375. The Hall–Kier alpha value is 1.88. The molecule has 0 N–H and O–H groups in total. The molecule has 0 radical (unpaired) electrons. The molecule has 16 heteroatoms. The van der Waals surface area contributed by atoms with Crippen molar-refractivity contribution in [3.8, 4) is 0 Å². The van der Waals surface area contributed by atoms with Crippen molar-refractivity contribution < 1.29 is 38.1 Å². The molecule has 0 aliphatic rings. The summed E-state index contributed by atoms with van der Waals surface area (Å²) < 4.78 is 77.2. The molecule has 0 aromatic carbocycles. The molecule has 0 aliphatic carbocycles. The van der Waals surface area contributed by atoms with E-state index in [4.69, 9.17) is 0 Å². The number of nitrogens with zero attached hydrogens (tertiary/aromatic N) is 1. The molecule has 0 saturated carbocycles. The van der Waals surface area contributed by atoms with E-state index in [0.29, 0.717) is 0 Å². The lowest BCUT2D eigenvalue weighted by Crippen LogP contribution is -2.33. The van der Waals surface area contributed by atoms with E-state index in [1.807, 2.05) is 0 Å². The standard InChI is InChI=1S/C3H6I3NO9S3/c4-1-17(8,9)14-7(15-18(10,11)2-5)16-19(12,13)3-6/h1-3H2. The minimum absolute atomic E-state index is 0.560. The van der Waals surface area contributed by atoms with E-state index < -0.39 is 47.0 Å². The lowest BCUT2D eigenvalue weighted by molar-refractivity contribution is -0.402. The van der Waals surface area contributed by atoms with E-state index in [1.54, 1.807) is 0 Å². The molecule has 0 bridgehead atoms. The number of rotatable bonds is 9. The van der Waals surface area contributed by atoms with Gasteiger partial charge >= 0.3 is 0 Å². The minimum Gasteiger partial charge on any atom is -0.197 e. The molecule has 10 nitrogen and oxygen atoms in total. The van der Waals surface area contributed by atoms with Gasteiger partial charge < -0.3 is 0 Å². The van der Waals surface area contributed by atoms with Crippen molar-refractivity contribution >= 4 is 98.1 Å². The lowest BCUT2D eigenvalue weighted by Gasteiger charge is -2.15.